The first-order valence-electron chi connectivity index (χ1n) is 17.1. The molecule has 1 saturated heterocycles. The van der Waals surface area contributed by atoms with Crippen LogP contribution in [0.2, 0.25) is 0 Å². The second-order valence-corrected chi connectivity index (χ2v) is 16.2. The molecule has 5 fully saturated rings. The number of hydrogen-bond acceptors (Lipinski definition) is 7. The fraction of sp³-hybridized carbons (Fsp3) is 0.914. The van der Waals surface area contributed by atoms with Crippen molar-refractivity contribution in [3.05, 3.63) is 11.6 Å². The van der Waals surface area contributed by atoms with Crippen LogP contribution in [0.4, 0.5) is 0 Å². The summed E-state index contributed by atoms with van der Waals surface area (Å²) >= 11 is 0. The lowest BCUT2D eigenvalue weighted by Gasteiger charge is -2.60. The number of carbonyl (C=O) groups excluding carboxylic acids is 1. The summed E-state index contributed by atoms with van der Waals surface area (Å²) in [6.45, 7) is 10.3. The molecule has 6 rings (SSSR count). The largest absolute Gasteiger partial charge is 0.390 e. The number of aliphatic hydroxyl groups is 5. The van der Waals surface area contributed by atoms with E-state index in [1.807, 2.05) is 13.8 Å². The van der Waals surface area contributed by atoms with Gasteiger partial charge in [-0.2, -0.15) is 0 Å². The third kappa shape index (κ3) is 4.38. The number of ether oxygens (including phenoxy) is 1. The molecule has 5 aliphatic carbocycles. The molecule has 0 aromatic heterocycles. The van der Waals surface area contributed by atoms with E-state index in [1.165, 1.54) is 25.7 Å². The van der Waals surface area contributed by atoms with E-state index in [9.17, 15) is 30.3 Å². The lowest BCUT2D eigenvalue weighted by molar-refractivity contribution is -0.198. The van der Waals surface area contributed by atoms with Gasteiger partial charge in [-0.3, -0.25) is 4.79 Å². The lowest BCUT2D eigenvalue weighted by Crippen LogP contribution is -2.63. The molecule has 7 heteroatoms. The van der Waals surface area contributed by atoms with Gasteiger partial charge in [-0.25, -0.2) is 0 Å². The molecule has 0 spiro atoms. The van der Waals surface area contributed by atoms with Crippen LogP contribution in [0.1, 0.15) is 112 Å². The van der Waals surface area contributed by atoms with Gasteiger partial charge >= 0.3 is 0 Å². The van der Waals surface area contributed by atoms with Gasteiger partial charge in [0, 0.05) is 11.3 Å². The van der Waals surface area contributed by atoms with Gasteiger partial charge in [-0.1, -0.05) is 47.0 Å². The molecule has 4 saturated carbocycles. The minimum atomic E-state index is -1.48. The zero-order valence-electron chi connectivity index (χ0n) is 26.5. The summed E-state index contributed by atoms with van der Waals surface area (Å²) in [5, 5.41) is 57.7. The van der Waals surface area contributed by atoms with Gasteiger partial charge in [0.25, 0.3) is 0 Å². The van der Waals surface area contributed by atoms with Crippen LogP contribution >= 0.6 is 0 Å². The van der Waals surface area contributed by atoms with Crippen molar-refractivity contribution in [2.45, 2.75) is 153 Å². The minimum absolute atomic E-state index is 0.0733. The van der Waals surface area contributed by atoms with Crippen molar-refractivity contribution in [1.82, 2.24) is 0 Å². The van der Waals surface area contributed by atoms with Gasteiger partial charge in [0.15, 0.2) is 5.78 Å². The SMILES string of the molecule is CCCC1CCC2OC(C(O)C(C)(O)C3CCC4(O)C5=CC(=O)C6CC(O)C(O)CC6(C)C5CCC34C)C(C)C2CC1. The number of rotatable bonds is 5. The molecule has 0 amide bonds. The molecular formula is C35H56O7. The Morgan fingerprint density at radius 2 is 1.76 bits per heavy atom. The number of carbonyl (C=O) groups is 1. The number of fused-ring (bicyclic) bond motifs is 6. The van der Waals surface area contributed by atoms with Crippen molar-refractivity contribution >= 4 is 5.78 Å². The van der Waals surface area contributed by atoms with E-state index in [0.29, 0.717) is 31.6 Å². The third-order valence-corrected chi connectivity index (χ3v) is 14.2. The number of ketones is 1. The average molecular weight is 589 g/mol. The lowest BCUT2D eigenvalue weighted by atomic mass is 9.45. The summed E-state index contributed by atoms with van der Waals surface area (Å²) in [6, 6.07) is 0. The van der Waals surface area contributed by atoms with Crippen LogP contribution in [-0.4, -0.2) is 73.0 Å². The molecular weight excluding hydrogens is 532 g/mol. The summed E-state index contributed by atoms with van der Waals surface area (Å²) in [7, 11) is 0. The molecule has 6 aliphatic rings. The minimum Gasteiger partial charge on any atom is -0.390 e. The molecule has 0 aromatic rings. The maximum Gasteiger partial charge on any atom is 0.159 e. The Morgan fingerprint density at radius 1 is 1.05 bits per heavy atom. The first-order chi connectivity index (χ1) is 19.7. The number of allylic oxidation sites excluding steroid dienone is 1. The molecule has 238 valence electrons. The van der Waals surface area contributed by atoms with Crippen molar-refractivity contribution in [3.8, 4) is 0 Å². The summed E-state index contributed by atoms with van der Waals surface area (Å²) in [4.78, 5) is 13.5. The van der Waals surface area contributed by atoms with E-state index in [-0.39, 0.29) is 42.0 Å². The van der Waals surface area contributed by atoms with E-state index < -0.39 is 46.4 Å². The predicted octanol–water partition coefficient (Wildman–Crippen LogP) is 4.31. The van der Waals surface area contributed by atoms with Crippen molar-refractivity contribution in [2.75, 3.05) is 0 Å². The molecule has 0 radical (unpaired) electrons. The summed E-state index contributed by atoms with van der Waals surface area (Å²) in [5.41, 5.74) is -3.27. The van der Waals surface area contributed by atoms with Crippen LogP contribution in [0, 0.1) is 46.3 Å². The Hall–Kier alpha value is -0.830. The molecule has 0 bridgehead atoms. The summed E-state index contributed by atoms with van der Waals surface area (Å²) in [5.74, 6) is 0.405. The Bertz CT molecular complexity index is 1090. The van der Waals surface area contributed by atoms with Gasteiger partial charge in [-0.05, 0) is 111 Å². The van der Waals surface area contributed by atoms with Gasteiger partial charge in [0.1, 0.15) is 6.10 Å². The predicted molar refractivity (Wildman–Crippen MR) is 159 cm³/mol. The highest BCUT2D eigenvalue weighted by atomic mass is 16.5. The van der Waals surface area contributed by atoms with E-state index in [2.05, 4.69) is 13.8 Å². The highest BCUT2D eigenvalue weighted by molar-refractivity contribution is 5.95. The zero-order chi connectivity index (χ0) is 30.4. The molecule has 1 heterocycles. The Labute approximate surface area is 252 Å². The van der Waals surface area contributed by atoms with E-state index in [1.54, 1.807) is 13.0 Å². The average Bonchev–Trinajstić information content (AvgIpc) is 3.30. The van der Waals surface area contributed by atoms with Crippen LogP contribution in [-0.2, 0) is 9.53 Å². The standard InChI is InChI=1S/C35H56O7/c1-6-7-20-8-10-21-19(2)30(42-28(21)11-9-20)31(39)34(5,40)29-13-15-35(41)23-16-25(36)24-17-26(37)27(38)18-32(24,3)22(23)12-14-33(29,35)4/h16,19-22,24,26-31,37-41H,6-15,17-18H2,1-5H3. The Balaban J connectivity index is 1.24. The Morgan fingerprint density at radius 3 is 2.48 bits per heavy atom. The normalized spacial score (nSPS) is 52.7. The van der Waals surface area contributed by atoms with Crippen molar-refractivity contribution in [3.63, 3.8) is 0 Å². The first-order valence-corrected chi connectivity index (χ1v) is 17.1. The monoisotopic (exact) mass is 588 g/mol. The highest BCUT2D eigenvalue weighted by Crippen LogP contribution is 2.68. The molecule has 7 nitrogen and oxygen atoms in total. The topological polar surface area (TPSA) is 127 Å². The van der Waals surface area contributed by atoms with Crippen LogP contribution in [0.15, 0.2) is 11.6 Å². The van der Waals surface area contributed by atoms with Gasteiger partial charge in [-0.15, -0.1) is 0 Å². The fourth-order valence-electron chi connectivity index (χ4n) is 11.6. The fourth-order valence-corrected chi connectivity index (χ4v) is 11.6. The highest BCUT2D eigenvalue weighted by Gasteiger charge is 2.70. The van der Waals surface area contributed by atoms with Gasteiger partial charge < -0.3 is 30.3 Å². The summed E-state index contributed by atoms with van der Waals surface area (Å²) < 4.78 is 6.60. The second kappa shape index (κ2) is 10.6. The quantitative estimate of drug-likeness (QED) is 0.324. The maximum atomic E-state index is 13.5. The van der Waals surface area contributed by atoms with Crippen molar-refractivity contribution in [1.29, 1.82) is 0 Å². The van der Waals surface area contributed by atoms with E-state index in [4.69, 9.17) is 4.74 Å². The molecule has 0 aromatic carbocycles. The Kier molecular flexibility index (Phi) is 7.88. The van der Waals surface area contributed by atoms with Crippen LogP contribution in [0.5, 0.6) is 0 Å². The van der Waals surface area contributed by atoms with Crippen molar-refractivity contribution < 1.29 is 35.1 Å². The molecule has 5 N–H and O–H groups in total. The van der Waals surface area contributed by atoms with E-state index in [0.717, 1.165) is 30.8 Å². The molecule has 15 unspecified atom stereocenters. The van der Waals surface area contributed by atoms with E-state index >= 15 is 0 Å². The molecule has 1 aliphatic heterocycles. The number of hydrogen-bond donors (Lipinski definition) is 5. The van der Waals surface area contributed by atoms with Crippen LogP contribution < -0.4 is 0 Å². The third-order valence-electron chi connectivity index (χ3n) is 14.2. The second-order valence-electron chi connectivity index (χ2n) is 16.2. The summed E-state index contributed by atoms with van der Waals surface area (Å²) in [6.07, 6.45) is 8.37. The molecule has 15 atom stereocenters. The number of aliphatic hydroxyl groups excluding tert-OH is 3. The van der Waals surface area contributed by atoms with Crippen molar-refractivity contribution in [2.24, 2.45) is 46.3 Å². The van der Waals surface area contributed by atoms with Gasteiger partial charge in [0.05, 0.1) is 35.6 Å². The van der Waals surface area contributed by atoms with Crippen LogP contribution in [0.3, 0.4) is 0 Å². The van der Waals surface area contributed by atoms with Crippen LogP contribution in [0.25, 0.3) is 0 Å². The zero-order valence-corrected chi connectivity index (χ0v) is 26.5. The molecule has 42 heavy (non-hydrogen) atoms. The smallest absolute Gasteiger partial charge is 0.159 e. The van der Waals surface area contributed by atoms with Gasteiger partial charge in [0.2, 0.25) is 0 Å². The maximum absolute atomic E-state index is 13.5. The first kappa shape index (κ1) is 31.2.